The van der Waals surface area contributed by atoms with Gasteiger partial charge >= 0.3 is 0 Å². The molecule has 1 aromatic heterocycles. The number of pyridine rings is 1. The van der Waals surface area contributed by atoms with E-state index in [0.29, 0.717) is 17.0 Å². The van der Waals surface area contributed by atoms with Crippen molar-refractivity contribution in [3.8, 4) is 5.69 Å². The molecule has 0 unspecified atom stereocenters. The van der Waals surface area contributed by atoms with Crippen LogP contribution in [0.5, 0.6) is 0 Å². The van der Waals surface area contributed by atoms with Crippen LogP contribution in [0, 0.1) is 12.7 Å². The molecule has 0 atom stereocenters. The molecule has 2 aromatic carbocycles. The molecular weight excluding hydrogens is 303 g/mol. The third-order valence-corrected chi connectivity index (χ3v) is 4.29. The first-order valence-corrected chi connectivity index (χ1v) is 8.05. The maximum atomic E-state index is 14.1. The van der Waals surface area contributed by atoms with E-state index in [9.17, 15) is 9.18 Å². The van der Waals surface area contributed by atoms with E-state index in [-0.39, 0.29) is 5.56 Å². The van der Waals surface area contributed by atoms with Gasteiger partial charge < -0.3 is 5.32 Å². The number of halogens is 1. The second-order valence-corrected chi connectivity index (χ2v) is 6.42. The van der Waals surface area contributed by atoms with Gasteiger partial charge in [0.1, 0.15) is 5.82 Å². The number of fused-ring (bicyclic) bond motifs is 1. The van der Waals surface area contributed by atoms with Crippen molar-refractivity contribution in [2.75, 3.05) is 12.4 Å². The van der Waals surface area contributed by atoms with E-state index in [1.807, 2.05) is 25.1 Å². The van der Waals surface area contributed by atoms with Gasteiger partial charge in [-0.2, -0.15) is 0 Å². The number of nitrogens with one attached hydrogen (secondary N) is 1. The van der Waals surface area contributed by atoms with Crippen molar-refractivity contribution in [3.63, 3.8) is 0 Å². The lowest BCUT2D eigenvalue weighted by atomic mass is 10.00. The zero-order valence-electron chi connectivity index (χ0n) is 14.4. The summed E-state index contributed by atoms with van der Waals surface area (Å²) in [7, 11) is 1.66. The van der Waals surface area contributed by atoms with Crippen LogP contribution in [0.4, 0.5) is 10.1 Å². The van der Waals surface area contributed by atoms with Gasteiger partial charge in [0.25, 0.3) is 5.56 Å². The van der Waals surface area contributed by atoms with Crippen molar-refractivity contribution < 1.29 is 4.39 Å². The fourth-order valence-corrected chi connectivity index (χ4v) is 2.92. The molecule has 3 aromatic rings. The highest BCUT2D eigenvalue weighted by Gasteiger charge is 2.10. The summed E-state index contributed by atoms with van der Waals surface area (Å²) in [5, 5.41) is 3.89. The van der Waals surface area contributed by atoms with Gasteiger partial charge in [-0.15, -0.1) is 0 Å². The topological polar surface area (TPSA) is 34.0 Å². The fraction of sp³-hybridized carbons (Fsp3) is 0.250. The zero-order valence-corrected chi connectivity index (χ0v) is 14.4. The number of anilines is 1. The van der Waals surface area contributed by atoms with Gasteiger partial charge in [-0.25, -0.2) is 4.39 Å². The second kappa shape index (κ2) is 6.11. The summed E-state index contributed by atoms with van der Waals surface area (Å²) < 4.78 is 15.6. The molecule has 0 amide bonds. The van der Waals surface area contributed by atoms with Crippen LogP contribution in [-0.2, 0) is 0 Å². The van der Waals surface area contributed by atoms with Gasteiger partial charge in [0.05, 0.1) is 11.1 Å². The molecule has 0 spiro atoms. The summed E-state index contributed by atoms with van der Waals surface area (Å²) in [6.45, 7) is 6.26. The summed E-state index contributed by atoms with van der Waals surface area (Å²) in [4.78, 5) is 12.8. The SMILES string of the molecule is CNc1cc2ccn(-c3cc(C)cc(C(C)C)c3)c(=O)c2cc1F. The second-order valence-electron chi connectivity index (χ2n) is 6.42. The lowest BCUT2D eigenvalue weighted by molar-refractivity contribution is 0.633. The van der Waals surface area contributed by atoms with Gasteiger partial charge in [0, 0.05) is 18.9 Å². The highest BCUT2D eigenvalue weighted by molar-refractivity contribution is 5.85. The number of aryl methyl sites for hydroxylation is 1. The quantitative estimate of drug-likeness (QED) is 0.764. The minimum absolute atomic E-state index is 0.214. The standard InChI is InChI=1S/C20H21FN2O/c1-12(2)15-7-13(3)8-16(9-15)23-6-5-14-10-19(22-4)18(21)11-17(14)20(23)24/h5-12,22H,1-4H3. The van der Waals surface area contributed by atoms with Crippen LogP contribution in [-0.4, -0.2) is 11.6 Å². The summed E-state index contributed by atoms with van der Waals surface area (Å²) in [5.41, 5.74) is 3.25. The highest BCUT2D eigenvalue weighted by Crippen LogP contribution is 2.23. The Morgan fingerprint density at radius 1 is 1.12 bits per heavy atom. The Hall–Kier alpha value is -2.62. The monoisotopic (exact) mass is 324 g/mol. The van der Waals surface area contributed by atoms with E-state index in [1.165, 1.54) is 11.6 Å². The normalized spacial score (nSPS) is 11.2. The van der Waals surface area contributed by atoms with E-state index >= 15 is 0 Å². The van der Waals surface area contributed by atoms with Gasteiger partial charge in [-0.3, -0.25) is 9.36 Å². The van der Waals surface area contributed by atoms with Crippen molar-refractivity contribution in [1.29, 1.82) is 0 Å². The number of hydrogen-bond acceptors (Lipinski definition) is 2. The molecule has 1 heterocycles. The van der Waals surface area contributed by atoms with E-state index in [1.54, 1.807) is 23.9 Å². The number of hydrogen-bond donors (Lipinski definition) is 1. The van der Waals surface area contributed by atoms with E-state index in [2.05, 4.69) is 25.2 Å². The molecule has 24 heavy (non-hydrogen) atoms. The van der Waals surface area contributed by atoms with Crippen LogP contribution in [0.15, 0.2) is 47.4 Å². The predicted octanol–water partition coefficient (Wildman–Crippen LogP) is 4.60. The average Bonchev–Trinajstić information content (AvgIpc) is 2.54. The van der Waals surface area contributed by atoms with Gasteiger partial charge in [-0.05, 0) is 59.7 Å². The van der Waals surface area contributed by atoms with E-state index in [0.717, 1.165) is 16.6 Å². The summed E-state index contributed by atoms with van der Waals surface area (Å²) in [6.07, 6.45) is 1.75. The molecule has 1 N–H and O–H groups in total. The number of benzene rings is 2. The van der Waals surface area contributed by atoms with Crippen LogP contribution in [0.3, 0.4) is 0 Å². The smallest absolute Gasteiger partial charge is 0.263 e. The third-order valence-electron chi connectivity index (χ3n) is 4.29. The molecule has 3 rings (SSSR count). The van der Waals surface area contributed by atoms with Crippen molar-refractivity contribution in [2.24, 2.45) is 0 Å². The van der Waals surface area contributed by atoms with Crippen molar-refractivity contribution >= 4 is 16.5 Å². The lowest BCUT2D eigenvalue weighted by Crippen LogP contribution is -2.18. The van der Waals surface area contributed by atoms with E-state index in [4.69, 9.17) is 0 Å². The Labute approximate surface area is 140 Å². The molecule has 0 aliphatic heterocycles. The van der Waals surface area contributed by atoms with Crippen molar-refractivity contribution in [3.05, 3.63) is 69.9 Å². The molecule has 0 aliphatic carbocycles. The average molecular weight is 324 g/mol. The van der Waals surface area contributed by atoms with Crippen LogP contribution in [0.2, 0.25) is 0 Å². The van der Waals surface area contributed by atoms with Gasteiger partial charge in [0.2, 0.25) is 0 Å². The minimum atomic E-state index is -0.424. The van der Waals surface area contributed by atoms with Crippen LogP contribution in [0.1, 0.15) is 30.9 Å². The maximum absolute atomic E-state index is 14.1. The van der Waals surface area contributed by atoms with Crippen LogP contribution in [0.25, 0.3) is 16.5 Å². The minimum Gasteiger partial charge on any atom is -0.386 e. The van der Waals surface area contributed by atoms with Gasteiger partial charge in [0.15, 0.2) is 0 Å². The molecule has 0 bridgehead atoms. The van der Waals surface area contributed by atoms with E-state index < -0.39 is 5.82 Å². The molecular formula is C20H21FN2O. The van der Waals surface area contributed by atoms with Crippen LogP contribution < -0.4 is 10.9 Å². The zero-order chi connectivity index (χ0) is 17.4. The highest BCUT2D eigenvalue weighted by atomic mass is 19.1. The molecule has 0 radical (unpaired) electrons. The molecule has 0 fully saturated rings. The Kier molecular flexibility index (Phi) is 4.14. The fourth-order valence-electron chi connectivity index (χ4n) is 2.92. The largest absolute Gasteiger partial charge is 0.386 e. The molecule has 0 aliphatic rings. The molecule has 0 saturated heterocycles. The Bertz CT molecular complexity index is 973. The Balaban J connectivity index is 2.25. The summed E-state index contributed by atoms with van der Waals surface area (Å²) in [5.74, 6) is -0.0533. The first-order chi connectivity index (χ1) is 11.4. The van der Waals surface area contributed by atoms with Crippen LogP contribution >= 0.6 is 0 Å². The molecule has 0 saturated carbocycles. The Morgan fingerprint density at radius 3 is 2.54 bits per heavy atom. The van der Waals surface area contributed by atoms with Crippen molar-refractivity contribution in [1.82, 2.24) is 4.57 Å². The molecule has 124 valence electrons. The molecule has 4 heteroatoms. The first-order valence-electron chi connectivity index (χ1n) is 8.05. The Morgan fingerprint density at radius 2 is 1.88 bits per heavy atom. The number of rotatable bonds is 3. The maximum Gasteiger partial charge on any atom is 0.263 e. The summed E-state index contributed by atoms with van der Waals surface area (Å²) in [6, 6.07) is 10.9. The third kappa shape index (κ3) is 2.80. The van der Waals surface area contributed by atoms with Crippen molar-refractivity contribution in [2.45, 2.75) is 26.7 Å². The molecule has 3 nitrogen and oxygen atoms in total. The number of nitrogens with zero attached hydrogens (tertiary/aromatic N) is 1. The number of aromatic nitrogens is 1. The van der Waals surface area contributed by atoms with Gasteiger partial charge in [-0.1, -0.05) is 19.9 Å². The summed E-state index contributed by atoms with van der Waals surface area (Å²) >= 11 is 0. The predicted molar refractivity (Wildman–Crippen MR) is 97.9 cm³/mol. The lowest BCUT2D eigenvalue weighted by Gasteiger charge is -2.13. The first kappa shape index (κ1) is 16.2.